The van der Waals surface area contributed by atoms with Crippen LogP contribution in [0.15, 0.2) is 85.1 Å². The first kappa shape index (κ1) is 77.2. The van der Waals surface area contributed by atoms with Crippen LogP contribution >= 0.6 is 7.82 Å². The summed E-state index contributed by atoms with van der Waals surface area (Å²) >= 11 is 0. The minimum atomic E-state index is -4.65. The second-order valence-corrected chi connectivity index (χ2v) is 24.9. The number of allylic oxidation sites excluding steroid dienone is 14. The number of carbonyl (C=O) groups is 2. The SMILES string of the molecule is CC/C=C\C/C=C\C/C=C\C/C=C\C/C=C\CCCC(=O)OC(COC(=O)CCCCCCCCCCCCCCCCCCCCCCCCCCCCC/C=C\C/C=C\CCCCCCC)COP(=O)([O-])OCC[N+](C)(C)C. The lowest BCUT2D eigenvalue weighted by Gasteiger charge is -2.28. The van der Waals surface area contributed by atoms with Crippen molar-refractivity contribution in [2.24, 2.45) is 0 Å². The molecule has 0 saturated heterocycles. The van der Waals surface area contributed by atoms with Crippen molar-refractivity contribution in [2.75, 3.05) is 47.5 Å². The molecule has 2 atom stereocenters. The Kier molecular flexibility index (Phi) is 58.6. The van der Waals surface area contributed by atoms with E-state index in [4.69, 9.17) is 18.5 Å². The van der Waals surface area contributed by atoms with Gasteiger partial charge in [0.25, 0.3) is 7.82 Å². The number of rotatable bonds is 61. The van der Waals surface area contributed by atoms with Gasteiger partial charge in [-0.3, -0.25) is 14.2 Å². The van der Waals surface area contributed by atoms with Crippen molar-refractivity contribution in [2.45, 2.75) is 302 Å². The van der Waals surface area contributed by atoms with Crippen LogP contribution < -0.4 is 4.89 Å². The fraction of sp³-hybridized carbons (Fsp3) is 0.771. The highest BCUT2D eigenvalue weighted by Crippen LogP contribution is 2.38. The van der Waals surface area contributed by atoms with Crippen LogP contribution in [0.25, 0.3) is 0 Å². The summed E-state index contributed by atoms with van der Waals surface area (Å²) in [5, 5.41) is 0. The van der Waals surface area contributed by atoms with Gasteiger partial charge in [-0.05, 0) is 83.5 Å². The molecule has 80 heavy (non-hydrogen) atoms. The summed E-state index contributed by atoms with van der Waals surface area (Å²) in [6.45, 7) is 4.07. The minimum Gasteiger partial charge on any atom is -0.756 e. The third kappa shape index (κ3) is 64.4. The molecular weight excluding hydrogens is 1010 g/mol. The average Bonchev–Trinajstić information content (AvgIpc) is 3.42. The molecule has 0 saturated carbocycles. The molecule has 0 aliphatic carbocycles. The molecule has 0 aromatic rings. The van der Waals surface area contributed by atoms with Crippen LogP contribution in [0, 0.1) is 0 Å². The van der Waals surface area contributed by atoms with Crippen LogP contribution in [0.2, 0.25) is 0 Å². The smallest absolute Gasteiger partial charge is 0.306 e. The molecule has 0 bridgehead atoms. The molecule has 0 fully saturated rings. The normalized spacial score (nSPS) is 13.7. The molecule has 0 aromatic heterocycles. The number of hydrogen-bond donors (Lipinski definition) is 0. The van der Waals surface area contributed by atoms with E-state index < -0.39 is 32.5 Å². The molecule has 2 unspecified atom stereocenters. The maximum Gasteiger partial charge on any atom is 0.306 e. The van der Waals surface area contributed by atoms with Crippen molar-refractivity contribution < 1.29 is 42.1 Å². The molecule has 0 aliphatic heterocycles. The molecule has 0 aliphatic rings. The number of phosphoric acid groups is 1. The first-order chi connectivity index (χ1) is 39.0. The summed E-state index contributed by atoms with van der Waals surface area (Å²) in [6.07, 6.45) is 82.7. The molecule has 0 aromatic carbocycles. The highest BCUT2D eigenvalue weighted by molar-refractivity contribution is 7.45. The quantitative estimate of drug-likeness (QED) is 0.0195. The first-order valence-corrected chi connectivity index (χ1v) is 34.8. The number of hydrogen-bond acceptors (Lipinski definition) is 8. The summed E-state index contributed by atoms with van der Waals surface area (Å²) in [4.78, 5) is 37.9. The number of unbranched alkanes of at least 4 members (excludes halogenated alkanes) is 33. The number of likely N-dealkylation sites (N-methyl/N-ethyl adjacent to an activating group) is 1. The Morgan fingerprint density at radius 1 is 0.400 bits per heavy atom. The second-order valence-electron chi connectivity index (χ2n) is 23.5. The van der Waals surface area contributed by atoms with Gasteiger partial charge in [-0.15, -0.1) is 0 Å². The van der Waals surface area contributed by atoms with Gasteiger partial charge in [-0.25, -0.2) is 0 Å². The fourth-order valence-corrected chi connectivity index (χ4v) is 10.0. The van der Waals surface area contributed by atoms with Crippen molar-refractivity contribution in [3.8, 4) is 0 Å². The van der Waals surface area contributed by atoms with Crippen molar-refractivity contribution in [1.82, 2.24) is 0 Å². The monoisotopic (exact) mass is 1140 g/mol. The zero-order valence-electron chi connectivity index (χ0n) is 52.8. The average molecular weight is 1140 g/mol. The molecule has 0 spiro atoms. The standard InChI is InChI=1S/C70H126NO8P/c1-6-8-10-12-14-16-18-20-22-24-25-26-27-28-29-30-31-32-33-34-35-36-37-38-39-40-41-42-43-44-45-47-48-50-52-54-56-58-60-62-69(72)76-66-68(67-78-80(74,75)77-65-64-71(3,4)5)79-70(73)63-61-59-57-55-53-51-49-46-23-21-19-17-15-13-11-9-7-2/h9,11,15,17-18,20-21,23-25,49,51,55,57,68H,6-8,10,12-14,16,19,22,26-48,50,52-54,56,58-67H2,1-5H3/b11-9-,17-15-,20-18-,23-21-,25-24-,51-49-,57-55-. The zero-order valence-corrected chi connectivity index (χ0v) is 53.7. The van der Waals surface area contributed by atoms with E-state index >= 15 is 0 Å². The Morgan fingerprint density at radius 3 is 1.10 bits per heavy atom. The molecule has 10 heteroatoms. The van der Waals surface area contributed by atoms with Crippen molar-refractivity contribution in [3.63, 3.8) is 0 Å². The molecule has 9 nitrogen and oxygen atoms in total. The van der Waals surface area contributed by atoms with Gasteiger partial charge in [0.15, 0.2) is 6.10 Å². The Hall–Kier alpha value is -2.81. The third-order valence-electron chi connectivity index (χ3n) is 14.4. The predicted molar refractivity (Wildman–Crippen MR) is 342 cm³/mol. The van der Waals surface area contributed by atoms with Crippen LogP contribution in [0.4, 0.5) is 0 Å². The zero-order chi connectivity index (χ0) is 58.4. The van der Waals surface area contributed by atoms with E-state index in [1.807, 2.05) is 27.2 Å². The van der Waals surface area contributed by atoms with E-state index in [9.17, 15) is 19.0 Å². The highest BCUT2D eigenvalue weighted by atomic mass is 31.2. The van der Waals surface area contributed by atoms with E-state index in [0.717, 1.165) is 57.8 Å². The van der Waals surface area contributed by atoms with Gasteiger partial charge in [0, 0.05) is 12.8 Å². The number of nitrogens with zero attached hydrogens (tertiary/aromatic N) is 1. The molecule has 0 radical (unpaired) electrons. The summed E-state index contributed by atoms with van der Waals surface area (Å²) in [5.74, 6) is -0.896. The number of esters is 2. The molecule has 0 N–H and O–H groups in total. The molecule has 0 amide bonds. The topological polar surface area (TPSA) is 111 Å². The van der Waals surface area contributed by atoms with E-state index in [1.54, 1.807) is 0 Å². The third-order valence-corrected chi connectivity index (χ3v) is 15.4. The van der Waals surface area contributed by atoms with Gasteiger partial charge in [-0.1, -0.05) is 285 Å². The van der Waals surface area contributed by atoms with E-state index in [2.05, 4.69) is 92.8 Å². The maximum atomic E-state index is 12.8. The molecule has 0 rings (SSSR count). The van der Waals surface area contributed by atoms with Gasteiger partial charge in [-0.2, -0.15) is 0 Å². The molecular formula is C70H126NO8P. The summed E-state index contributed by atoms with van der Waals surface area (Å²) in [7, 11) is 1.13. The van der Waals surface area contributed by atoms with Gasteiger partial charge in [0.05, 0.1) is 27.7 Å². The van der Waals surface area contributed by atoms with Crippen LogP contribution in [-0.4, -0.2) is 70.0 Å². The number of ether oxygens (including phenoxy) is 2. The van der Waals surface area contributed by atoms with Gasteiger partial charge in [0.1, 0.15) is 19.8 Å². The number of carbonyl (C=O) groups excluding carboxylic acids is 2. The van der Waals surface area contributed by atoms with Gasteiger partial charge in [0.2, 0.25) is 0 Å². The van der Waals surface area contributed by atoms with Crippen LogP contribution in [-0.2, 0) is 32.7 Å². The largest absolute Gasteiger partial charge is 0.756 e. The minimum absolute atomic E-state index is 0.0435. The van der Waals surface area contributed by atoms with Crippen LogP contribution in [0.5, 0.6) is 0 Å². The Bertz CT molecular complexity index is 1630. The van der Waals surface area contributed by atoms with Gasteiger partial charge < -0.3 is 27.9 Å². The maximum absolute atomic E-state index is 12.8. The first-order valence-electron chi connectivity index (χ1n) is 33.3. The fourth-order valence-electron chi connectivity index (χ4n) is 9.31. The van der Waals surface area contributed by atoms with Crippen molar-refractivity contribution in [1.29, 1.82) is 0 Å². The summed E-state index contributed by atoms with van der Waals surface area (Å²) in [5.41, 5.74) is 0. The lowest BCUT2D eigenvalue weighted by atomic mass is 10.0. The number of quaternary nitrogens is 1. The lowest BCUT2D eigenvalue weighted by Crippen LogP contribution is -2.37. The lowest BCUT2D eigenvalue weighted by molar-refractivity contribution is -0.870. The van der Waals surface area contributed by atoms with E-state index in [-0.39, 0.29) is 26.1 Å². The molecule has 0 heterocycles. The Labute approximate surface area is 494 Å². The van der Waals surface area contributed by atoms with Crippen LogP contribution in [0.1, 0.15) is 296 Å². The van der Waals surface area contributed by atoms with Crippen molar-refractivity contribution >= 4 is 19.8 Å². The second kappa shape index (κ2) is 60.8. The van der Waals surface area contributed by atoms with Crippen molar-refractivity contribution in [3.05, 3.63) is 85.1 Å². The Balaban J connectivity index is 3.94. The van der Waals surface area contributed by atoms with E-state index in [0.29, 0.717) is 23.9 Å². The van der Waals surface area contributed by atoms with E-state index in [1.165, 1.54) is 199 Å². The summed E-state index contributed by atoms with van der Waals surface area (Å²) in [6, 6.07) is 0. The highest BCUT2D eigenvalue weighted by Gasteiger charge is 2.22. The summed E-state index contributed by atoms with van der Waals surface area (Å²) < 4.78 is 34.1. The van der Waals surface area contributed by atoms with Crippen LogP contribution in [0.3, 0.4) is 0 Å². The molecule has 464 valence electrons. The predicted octanol–water partition coefficient (Wildman–Crippen LogP) is 20.7. The van der Waals surface area contributed by atoms with Gasteiger partial charge >= 0.3 is 11.9 Å². The number of phosphoric ester groups is 1. The Morgan fingerprint density at radius 2 is 0.725 bits per heavy atom.